The fraction of sp³-hybridized carbons (Fsp3) is 0.950. The predicted octanol–water partition coefficient (Wildman–Crippen LogP) is 3.41. The quantitative estimate of drug-likeness (QED) is 0.0889. The van der Waals surface area contributed by atoms with Crippen LogP contribution in [0.5, 0.6) is 0 Å². The molecule has 0 radical (unpaired) electrons. The van der Waals surface area contributed by atoms with Crippen molar-refractivity contribution in [3.8, 4) is 0 Å². The van der Waals surface area contributed by atoms with Crippen molar-refractivity contribution >= 4 is 28.6 Å². The second kappa shape index (κ2) is 25.0. The number of alkyl halides is 1. The Labute approximate surface area is 184 Å². The third-order valence-electron chi connectivity index (χ3n) is 3.61. The molecule has 28 heavy (non-hydrogen) atoms. The molecule has 0 atom stereocenters. The molecule has 0 aromatic rings. The van der Waals surface area contributed by atoms with Crippen molar-refractivity contribution in [2.75, 3.05) is 77.1 Å². The summed E-state index contributed by atoms with van der Waals surface area (Å²) in [4.78, 5) is 11.1. The number of halogens is 1. The third kappa shape index (κ3) is 24.0. The van der Waals surface area contributed by atoms with Crippen LogP contribution in [0.3, 0.4) is 0 Å². The summed E-state index contributed by atoms with van der Waals surface area (Å²) in [5.41, 5.74) is 0. The van der Waals surface area contributed by atoms with Crippen LogP contribution in [0.15, 0.2) is 0 Å². The lowest BCUT2D eigenvalue weighted by Gasteiger charge is -2.08. The maximum Gasteiger partial charge on any atom is 0.305 e. The Bertz CT molecular complexity index is 319. The molecule has 0 fully saturated rings. The normalized spacial score (nSPS) is 11.1. The van der Waals surface area contributed by atoms with E-state index in [1.165, 1.54) is 23.7 Å². The van der Waals surface area contributed by atoms with E-state index in [0.29, 0.717) is 72.5 Å². The molecule has 0 amide bonds. The van der Waals surface area contributed by atoms with E-state index in [-0.39, 0.29) is 5.97 Å². The number of hydrogen-bond donors (Lipinski definition) is 0. The van der Waals surface area contributed by atoms with Gasteiger partial charge in [0.15, 0.2) is 0 Å². The van der Waals surface area contributed by atoms with Gasteiger partial charge in [-0.1, -0.05) is 42.4 Å². The maximum atomic E-state index is 11.1. The van der Waals surface area contributed by atoms with Crippen molar-refractivity contribution in [3.05, 3.63) is 0 Å². The molecule has 0 aliphatic heterocycles. The average molecular weight is 518 g/mol. The standard InChI is InChI=1S/C20H39IO7/c1-2-7-20(22)28-19-18-27-17-16-26-15-14-25-13-12-24-11-10-23-9-6-4-3-5-8-21/h2-19H2,1H3. The second-order valence-corrected chi connectivity index (χ2v) is 7.21. The van der Waals surface area contributed by atoms with Gasteiger partial charge in [-0.05, 0) is 23.7 Å². The number of ether oxygens (including phenoxy) is 6. The molecule has 0 rings (SSSR count). The summed E-state index contributed by atoms with van der Waals surface area (Å²) >= 11 is 2.41. The van der Waals surface area contributed by atoms with E-state index in [4.69, 9.17) is 28.4 Å². The Morgan fingerprint density at radius 3 is 1.50 bits per heavy atom. The first-order valence-electron chi connectivity index (χ1n) is 10.4. The zero-order valence-corrected chi connectivity index (χ0v) is 19.6. The summed E-state index contributed by atoms with van der Waals surface area (Å²) in [5.74, 6) is -0.173. The molecule has 168 valence electrons. The summed E-state index contributed by atoms with van der Waals surface area (Å²) in [6, 6.07) is 0. The van der Waals surface area contributed by atoms with E-state index in [1.54, 1.807) is 0 Å². The van der Waals surface area contributed by atoms with Gasteiger partial charge in [0, 0.05) is 13.0 Å². The first-order chi connectivity index (χ1) is 13.8. The third-order valence-corrected chi connectivity index (χ3v) is 4.37. The molecule has 0 unspecified atom stereocenters. The Balaban J connectivity index is 3.02. The van der Waals surface area contributed by atoms with Gasteiger partial charge in [-0.15, -0.1) is 0 Å². The number of hydrogen-bond acceptors (Lipinski definition) is 7. The fourth-order valence-electron chi connectivity index (χ4n) is 2.12. The molecule has 0 aromatic carbocycles. The Morgan fingerprint density at radius 2 is 1.04 bits per heavy atom. The highest BCUT2D eigenvalue weighted by molar-refractivity contribution is 14.1. The maximum absolute atomic E-state index is 11.1. The molecule has 0 aliphatic carbocycles. The van der Waals surface area contributed by atoms with Gasteiger partial charge in [0.25, 0.3) is 0 Å². The van der Waals surface area contributed by atoms with Crippen LogP contribution >= 0.6 is 22.6 Å². The molecule has 0 spiro atoms. The van der Waals surface area contributed by atoms with Gasteiger partial charge < -0.3 is 28.4 Å². The molecule has 0 aliphatic rings. The minimum Gasteiger partial charge on any atom is -0.463 e. The number of unbranched alkanes of at least 4 members (excludes halogenated alkanes) is 3. The van der Waals surface area contributed by atoms with Crippen LogP contribution < -0.4 is 0 Å². The van der Waals surface area contributed by atoms with E-state index >= 15 is 0 Å². The lowest BCUT2D eigenvalue weighted by molar-refractivity contribution is -0.145. The van der Waals surface area contributed by atoms with E-state index in [9.17, 15) is 4.79 Å². The largest absolute Gasteiger partial charge is 0.463 e. The molecule has 7 nitrogen and oxygen atoms in total. The lowest BCUT2D eigenvalue weighted by Crippen LogP contribution is -2.15. The molecule has 0 bridgehead atoms. The molecular formula is C20H39IO7. The molecule has 0 N–H and O–H groups in total. The van der Waals surface area contributed by atoms with Gasteiger partial charge >= 0.3 is 5.97 Å². The SMILES string of the molecule is CCCC(=O)OCCOCCOCCOCCOCCOCCCCCCI. The van der Waals surface area contributed by atoms with Gasteiger partial charge in [0.05, 0.1) is 59.5 Å². The van der Waals surface area contributed by atoms with Crippen molar-refractivity contribution in [2.45, 2.75) is 45.4 Å². The summed E-state index contributed by atoms with van der Waals surface area (Å²) < 4.78 is 33.3. The second-order valence-electron chi connectivity index (χ2n) is 6.14. The van der Waals surface area contributed by atoms with E-state index in [2.05, 4.69) is 22.6 Å². The van der Waals surface area contributed by atoms with E-state index < -0.39 is 0 Å². The number of carbonyl (C=O) groups excluding carboxylic acids is 1. The highest BCUT2D eigenvalue weighted by atomic mass is 127. The van der Waals surface area contributed by atoms with Gasteiger partial charge in [0.2, 0.25) is 0 Å². The predicted molar refractivity (Wildman–Crippen MR) is 117 cm³/mol. The minimum atomic E-state index is -0.173. The molecule has 0 saturated carbocycles. The lowest BCUT2D eigenvalue weighted by atomic mass is 10.2. The molecular weight excluding hydrogens is 479 g/mol. The molecule has 0 saturated heterocycles. The molecule has 0 heterocycles. The number of rotatable bonds is 23. The van der Waals surface area contributed by atoms with Crippen LogP contribution in [-0.4, -0.2) is 83.1 Å². The van der Waals surface area contributed by atoms with Crippen LogP contribution in [-0.2, 0) is 33.2 Å². The van der Waals surface area contributed by atoms with Crippen LogP contribution in [0, 0.1) is 0 Å². The first-order valence-corrected chi connectivity index (χ1v) is 11.9. The van der Waals surface area contributed by atoms with Crippen LogP contribution in [0.2, 0.25) is 0 Å². The van der Waals surface area contributed by atoms with Crippen molar-refractivity contribution < 1.29 is 33.2 Å². The summed E-state index contributed by atoms with van der Waals surface area (Å²) in [6.07, 6.45) is 6.25. The summed E-state index contributed by atoms with van der Waals surface area (Å²) in [6.45, 7) is 7.88. The van der Waals surface area contributed by atoms with E-state index in [1.807, 2.05) is 6.92 Å². The Hall–Kier alpha value is -0.000000000000000222. The van der Waals surface area contributed by atoms with Crippen molar-refractivity contribution in [3.63, 3.8) is 0 Å². The van der Waals surface area contributed by atoms with Gasteiger partial charge in [0.1, 0.15) is 6.61 Å². The van der Waals surface area contributed by atoms with Crippen LogP contribution in [0.1, 0.15) is 45.4 Å². The van der Waals surface area contributed by atoms with Gasteiger partial charge in [-0.2, -0.15) is 0 Å². The first kappa shape index (κ1) is 28.0. The minimum absolute atomic E-state index is 0.173. The summed E-state index contributed by atoms with van der Waals surface area (Å²) in [5, 5.41) is 0. The molecule has 8 heteroatoms. The Kier molecular flexibility index (Phi) is 25.0. The van der Waals surface area contributed by atoms with Crippen molar-refractivity contribution in [1.29, 1.82) is 0 Å². The molecule has 0 aromatic heterocycles. The smallest absolute Gasteiger partial charge is 0.305 e. The number of carbonyl (C=O) groups is 1. The van der Waals surface area contributed by atoms with Gasteiger partial charge in [-0.3, -0.25) is 4.79 Å². The highest BCUT2D eigenvalue weighted by Crippen LogP contribution is 2.02. The highest BCUT2D eigenvalue weighted by Gasteiger charge is 1.99. The van der Waals surface area contributed by atoms with Crippen LogP contribution in [0.4, 0.5) is 0 Å². The topological polar surface area (TPSA) is 72.5 Å². The zero-order valence-electron chi connectivity index (χ0n) is 17.5. The van der Waals surface area contributed by atoms with Crippen LogP contribution in [0.25, 0.3) is 0 Å². The Morgan fingerprint density at radius 1 is 0.607 bits per heavy atom. The summed E-state index contributed by atoms with van der Waals surface area (Å²) in [7, 11) is 0. The van der Waals surface area contributed by atoms with Crippen molar-refractivity contribution in [2.24, 2.45) is 0 Å². The monoisotopic (exact) mass is 518 g/mol. The van der Waals surface area contributed by atoms with E-state index in [0.717, 1.165) is 19.4 Å². The average Bonchev–Trinajstić information content (AvgIpc) is 2.69. The zero-order chi connectivity index (χ0) is 20.5. The van der Waals surface area contributed by atoms with Crippen molar-refractivity contribution in [1.82, 2.24) is 0 Å². The fourth-order valence-corrected chi connectivity index (χ4v) is 2.66. The van der Waals surface area contributed by atoms with Gasteiger partial charge in [-0.25, -0.2) is 0 Å². The number of esters is 1.